The average molecular weight is 539 g/mol. The third kappa shape index (κ3) is 11.5. The van der Waals surface area contributed by atoms with Crippen LogP contribution in [0, 0.1) is 17.8 Å². The van der Waals surface area contributed by atoms with E-state index in [2.05, 4.69) is 73.7 Å². The van der Waals surface area contributed by atoms with Gasteiger partial charge in [-0.05, 0) is 55.3 Å². The summed E-state index contributed by atoms with van der Waals surface area (Å²) in [6.45, 7) is 21.3. The fourth-order valence-corrected chi connectivity index (χ4v) is 6.26. The Balaban J connectivity index is 2.60. The SMILES string of the molecule is CC[C@H](C[C@H](OC)[C@@H](C)CC[C@H](O)[C@H](C)[C@H](OC)[C@H](C)COCc1ccccc1)O[Si](C)(C)C(C)(C)C. The molecule has 0 unspecified atom stereocenters. The third-order valence-electron chi connectivity index (χ3n) is 8.52. The highest BCUT2D eigenvalue weighted by atomic mass is 28.4. The molecule has 0 spiro atoms. The van der Waals surface area contributed by atoms with Gasteiger partial charge in [-0.15, -0.1) is 0 Å². The predicted molar refractivity (Wildman–Crippen MR) is 157 cm³/mol. The molecule has 0 amide bonds. The van der Waals surface area contributed by atoms with E-state index in [4.69, 9.17) is 18.6 Å². The van der Waals surface area contributed by atoms with Gasteiger partial charge in [0.15, 0.2) is 8.32 Å². The van der Waals surface area contributed by atoms with Crippen molar-refractivity contribution in [3.63, 3.8) is 0 Å². The van der Waals surface area contributed by atoms with Gasteiger partial charge in [-0.3, -0.25) is 0 Å². The second-order valence-electron chi connectivity index (χ2n) is 12.6. The molecule has 0 fully saturated rings. The van der Waals surface area contributed by atoms with Crippen LogP contribution < -0.4 is 0 Å². The minimum Gasteiger partial charge on any atom is -0.414 e. The molecule has 1 rings (SSSR count). The van der Waals surface area contributed by atoms with Crippen molar-refractivity contribution < 1.29 is 23.7 Å². The van der Waals surface area contributed by atoms with Crippen molar-refractivity contribution in [3.8, 4) is 0 Å². The van der Waals surface area contributed by atoms with Crippen molar-refractivity contribution >= 4 is 8.32 Å². The molecule has 0 heterocycles. The largest absolute Gasteiger partial charge is 0.414 e. The first-order chi connectivity index (χ1) is 17.3. The zero-order valence-corrected chi connectivity index (χ0v) is 26.8. The standard InChI is InChI=1S/C31H58O5Si/c1-12-27(36-37(10,11)31(5,6)7)20-29(33-8)23(2)18-19-28(32)25(4)30(34-9)24(3)21-35-22-26-16-14-13-15-17-26/h13-17,23-25,27-30,32H,12,18-22H2,1-11H3/t23-,24+,25-,27+,28-,29-,30+/m0/s1. The van der Waals surface area contributed by atoms with Gasteiger partial charge in [0.1, 0.15) is 0 Å². The van der Waals surface area contributed by atoms with E-state index >= 15 is 0 Å². The van der Waals surface area contributed by atoms with Crippen LogP contribution in [0.3, 0.4) is 0 Å². The van der Waals surface area contributed by atoms with E-state index in [1.54, 1.807) is 14.2 Å². The Kier molecular flexibility index (Phi) is 15.2. The molecule has 0 saturated carbocycles. The Morgan fingerprint density at radius 1 is 0.919 bits per heavy atom. The smallest absolute Gasteiger partial charge is 0.192 e. The van der Waals surface area contributed by atoms with Crippen LogP contribution in [0.15, 0.2) is 30.3 Å². The van der Waals surface area contributed by atoms with Crippen molar-refractivity contribution in [2.45, 2.75) is 123 Å². The summed E-state index contributed by atoms with van der Waals surface area (Å²) in [5.74, 6) is 0.524. The Morgan fingerprint density at radius 2 is 1.54 bits per heavy atom. The molecule has 0 radical (unpaired) electrons. The monoisotopic (exact) mass is 538 g/mol. The van der Waals surface area contributed by atoms with Gasteiger partial charge in [0.05, 0.1) is 31.5 Å². The summed E-state index contributed by atoms with van der Waals surface area (Å²) in [5, 5.41) is 11.3. The highest BCUT2D eigenvalue weighted by Crippen LogP contribution is 2.38. The normalized spacial score (nSPS) is 18.6. The van der Waals surface area contributed by atoms with Crippen molar-refractivity contribution in [2.75, 3.05) is 20.8 Å². The van der Waals surface area contributed by atoms with Crippen molar-refractivity contribution in [3.05, 3.63) is 35.9 Å². The summed E-state index contributed by atoms with van der Waals surface area (Å²) in [6.07, 6.45) is 3.30. The lowest BCUT2D eigenvalue weighted by atomic mass is 9.85. The second kappa shape index (κ2) is 16.4. The van der Waals surface area contributed by atoms with E-state index < -0.39 is 14.4 Å². The molecule has 216 valence electrons. The Bertz CT molecular complexity index is 720. The first-order valence-electron chi connectivity index (χ1n) is 14.3. The maximum atomic E-state index is 11.1. The van der Waals surface area contributed by atoms with Crippen LogP contribution in [0.4, 0.5) is 0 Å². The Hall–Kier alpha value is -0.763. The topological polar surface area (TPSA) is 57.2 Å². The van der Waals surface area contributed by atoms with E-state index in [1.807, 2.05) is 18.2 Å². The van der Waals surface area contributed by atoms with Gasteiger partial charge in [0, 0.05) is 32.2 Å². The molecule has 5 nitrogen and oxygen atoms in total. The highest BCUT2D eigenvalue weighted by Gasteiger charge is 2.39. The summed E-state index contributed by atoms with van der Waals surface area (Å²) in [6, 6.07) is 10.2. The molecule has 0 aliphatic carbocycles. The predicted octanol–water partition coefficient (Wildman–Crippen LogP) is 7.47. The number of hydrogen-bond acceptors (Lipinski definition) is 5. The number of ether oxygens (including phenoxy) is 3. The van der Waals surface area contributed by atoms with Gasteiger partial charge in [0.25, 0.3) is 0 Å². The van der Waals surface area contributed by atoms with Crippen LogP contribution in [0.2, 0.25) is 18.1 Å². The van der Waals surface area contributed by atoms with Gasteiger partial charge in [-0.25, -0.2) is 0 Å². The van der Waals surface area contributed by atoms with Crippen LogP contribution >= 0.6 is 0 Å². The van der Waals surface area contributed by atoms with Gasteiger partial charge in [-0.1, -0.05) is 78.8 Å². The fourth-order valence-electron chi connectivity index (χ4n) is 4.81. The van der Waals surface area contributed by atoms with Crippen LogP contribution in [0.1, 0.15) is 79.7 Å². The first-order valence-corrected chi connectivity index (χ1v) is 17.2. The maximum absolute atomic E-state index is 11.1. The number of aliphatic hydroxyl groups excluding tert-OH is 1. The number of methoxy groups -OCH3 is 2. The fraction of sp³-hybridized carbons (Fsp3) is 0.806. The van der Waals surface area contributed by atoms with Gasteiger partial charge >= 0.3 is 0 Å². The maximum Gasteiger partial charge on any atom is 0.192 e. The summed E-state index contributed by atoms with van der Waals surface area (Å²) < 4.78 is 24.4. The molecule has 0 bridgehead atoms. The lowest BCUT2D eigenvalue weighted by Crippen LogP contribution is -2.45. The van der Waals surface area contributed by atoms with E-state index in [0.29, 0.717) is 19.1 Å². The van der Waals surface area contributed by atoms with Gasteiger partial charge in [0.2, 0.25) is 0 Å². The lowest BCUT2D eigenvalue weighted by Gasteiger charge is -2.40. The Labute approximate surface area is 229 Å². The third-order valence-corrected chi connectivity index (χ3v) is 13.1. The molecule has 0 saturated heterocycles. The van der Waals surface area contributed by atoms with Crippen LogP contribution in [0.5, 0.6) is 0 Å². The minimum absolute atomic E-state index is 0.0128. The molecular formula is C31H58O5Si. The molecule has 1 aromatic carbocycles. The molecule has 0 aromatic heterocycles. The quantitative estimate of drug-likeness (QED) is 0.196. The molecule has 0 aliphatic rings. The zero-order chi connectivity index (χ0) is 28.2. The number of aliphatic hydroxyl groups is 1. The van der Waals surface area contributed by atoms with Crippen molar-refractivity contribution in [2.24, 2.45) is 17.8 Å². The van der Waals surface area contributed by atoms with Crippen LogP contribution in [-0.2, 0) is 25.2 Å². The molecule has 0 aliphatic heterocycles. The number of rotatable bonds is 18. The summed E-state index contributed by atoms with van der Waals surface area (Å²) in [4.78, 5) is 0. The average Bonchev–Trinajstić information content (AvgIpc) is 2.84. The molecule has 1 N–H and O–H groups in total. The van der Waals surface area contributed by atoms with Crippen LogP contribution in [0.25, 0.3) is 0 Å². The van der Waals surface area contributed by atoms with Gasteiger partial charge < -0.3 is 23.7 Å². The van der Waals surface area contributed by atoms with E-state index in [-0.39, 0.29) is 35.2 Å². The number of hydrogen-bond donors (Lipinski definition) is 1. The molecular weight excluding hydrogens is 480 g/mol. The lowest BCUT2D eigenvalue weighted by molar-refractivity contribution is -0.0611. The molecule has 6 heteroatoms. The van der Waals surface area contributed by atoms with Crippen LogP contribution in [-0.4, -0.2) is 58.7 Å². The van der Waals surface area contributed by atoms with Crippen molar-refractivity contribution in [1.29, 1.82) is 0 Å². The second-order valence-corrected chi connectivity index (χ2v) is 17.3. The van der Waals surface area contributed by atoms with Gasteiger partial charge in [-0.2, -0.15) is 0 Å². The minimum atomic E-state index is -1.83. The van der Waals surface area contributed by atoms with E-state index in [9.17, 15) is 5.11 Å². The Morgan fingerprint density at radius 3 is 2.05 bits per heavy atom. The van der Waals surface area contributed by atoms with E-state index in [0.717, 1.165) is 25.7 Å². The molecule has 7 atom stereocenters. The zero-order valence-electron chi connectivity index (χ0n) is 25.8. The summed E-state index contributed by atoms with van der Waals surface area (Å²) >= 11 is 0. The summed E-state index contributed by atoms with van der Waals surface area (Å²) in [7, 11) is 1.71. The number of benzene rings is 1. The summed E-state index contributed by atoms with van der Waals surface area (Å²) in [5.41, 5.74) is 1.17. The first kappa shape index (κ1) is 34.3. The highest BCUT2D eigenvalue weighted by molar-refractivity contribution is 6.74. The van der Waals surface area contributed by atoms with E-state index in [1.165, 1.54) is 5.56 Å². The molecule has 37 heavy (non-hydrogen) atoms. The van der Waals surface area contributed by atoms with Crippen molar-refractivity contribution in [1.82, 2.24) is 0 Å². The molecule has 1 aromatic rings.